The van der Waals surface area contributed by atoms with Gasteiger partial charge in [-0.1, -0.05) is 293 Å². The number of allylic oxidation sites excluding steroid dienone is 10. The van der Waals surface area contributed by atoms with Gasteiger partial charge in [-0.15, -0.1) is 0 Å². The van der Waals surface area contributed by atoms with Gasteiger partial charge in [-0.25, -0.2) is 0 Å². The predicted molar refractivity (Wildman–Crippen MR) is 325 cm³/mol. The van der Waals surface area contributed by atoms with Crippen LogP contribution >= 0.6 is 0 Å². The summed E-state index contributed by atoms with van der Waals surface area (Å²) in [6.07, 6.45) is 80.8. The zero-order valence-corrected chi connectivity index (χ0v) is 50.1. The van der Waals surface area contributed by atoms with Crippen LogP contribution in [0.2, 0.25) is 0 Å². The molecule has 0 saturated carbocycles. The Morgan fingerprint density at radius 1 is 0.267 bits per heavy atom. The molecule has 0 radical (unpaired) electrons. The molecule has 0 spiro atoms. The molecule has 1 atom stereocenters. The molecule has 0 aliphatic heterocycles. The van der Waals surface area contributed by atoms with Crippen molar-refractivity contribution in [3.05, 3.63) is 60.8 Å². The highest BCUT2D eigenvalue weighted by Gasteiger charge is 2.19. The number of ether oxygens (including phenoxy) is 3. The smallest absolute Gasteiger partial charge is 0.306 e. The van der Waals surface area contributed by atoms with Crippen LogP contribution in [0.3, 0.4) is 0 Å². The van der Waals surface area contributed by atoms with E-state index in [0.717, 1.165) is 96.3 Å². The summed E-state index contributed by atoms with van der Waals surface area (Å²) in [4.78, 5) is 38.4. The first-order valence-electron chi connectivity index (χ1n) is 32.8. The first kappa shape index (κ1) is 72.1. The molecule has 0 aromatic carbocycles. The fraction of sp³-hybridized carbons (Fsp3) is 0.812. The number of rotatable bonds is 60. The minimum atomic E-state index is -0.785. The molecule has 0 bridgehead atoms. The summed E-state index contributed by atoms with van der Waals surface area (Å²) in [7, 11) is 0. The molecule has 0 aromatic heterocycles. The third kappa shape index (κ3) is 61.8. The van der Waals surface area contributed by atoms with E-state index in [2.05, 4.69) is 81.5 Å². The van der Waals surface area contributed by atoms with Gasteiger partial charge in [0.2, 0.25) is 0 Å². The third-order valence-electron chi connectivity index (χ3n) is 14.5. The van der Waals surface area contributed by atoms with E-state index in [9.17, 15) is 14.4 Å². The molecule has 0 aromatic rings. The molecule has 0 aliphatic carbocycles. The number of carbonyl (C=O) groups is 3. The second kappa shape index (κ2) is 63.6. The lowest BCUT2D eigenvalue weighted by Crippen LogP contribution is -2.30. The molecule has 0 rings (SSSR count). The molecule has 0 N–H and O–H groups in total. The van der Waals surface area contributed by atoms with Crippen molar-refractivity contribution in [2.75, 3.05) is 13.2 Å². The van der Waals surface area contributed by atoms with E-state index in [-0.39, 0.29) is 31.1 Å². The van der Waals surface area contributed by atoms with Crippen molar-refractivity contribution in [1.29, 1.82) is 0 Å². The molecule has 6 heteroatoms. The molecule has 0 heterocycles. The predicted octanol–water partition coefficient (Wildman–Crippen LogP) is 22.3. The summed E-state index contributed by atoms with van der Waals surface area (Å²) < 4.78 is 17.0. The molecule has 6 nitrogen and oxygen atoms in total. The lowest BCUT2D eigenvalue weighted by molar-refractivity contribution is -0.167. The second-order valence-electron chi connectivity index (χ2n) is 22.0. The summed E-state index contributed by atoms with van der Waals surface area (Å²) in [5.41, 5.74) is 0. The van der Waals surface area contributed by atoms with E-state index >= 15 is 0 Å². The lowest BCUT2D eigenvalue weighted by atomic mass is 10.0. The molecule has 0 saturated heterocycles. The highest BCUT2D eigenvalue weighted by atomic mass is 16.6. The minimum absolute atomic E-state index is 0.0790. The van der Waals surface area contributed by atoms with Crippen LogP contribution in [0.25, 0.3) is 0 Å². The van der Waals surface area contributed by atoms with Gasteiger partial charge in [0.05, 0.1) is 0 Å². The molecular formula is C69H124O6. The Balaban J connectivity index is 4.38. The zero-order chi connectivity index (χ0) is 54.3. The average Bonchev–Trinajstić information content (AvgIpc) is 3.41. The van der Waals surface area contributed by atoms with Crippen molar-refractivity contribution in [3.63, 3.8) is 0 Å². The topological polar surface area (TPSA) is 78.9 Å². The fourth-order valence-electron chi connectivity index (χ4n) is 9.54. The van der Waals surface area contributed by atoms with Crippen LogP contribution in [0.5, 0.6) is 0 Å². The van der Waals surface area contributed by atoms with Gasteiger partial charge in [-0.2, -0.15) is 0 Å². The minimum Gasteiger partial charge on any atom is -0.462 e. The van der Waals surface area contributed by atoms with Crippen LogP contribution in [0.1, 0.15) is 342 Å². The van der Waals surface area contributed by atoms with Crippen LogP contribution in [-0.2, 0) is 28.6 Å². The Kier molecular flexibility index (Phi) is 61.2. The summed E-state index contributed by atoms with van der Waals surface area (Å²) in [6.45, 7) is 6.63. The van der Waals surface area contributed by atoms with E-state index in [0.29, 0.717) is 19.3 Å². The maximum Gasteiger partial charge on any atom is 0.306 e. The molecular weight excluding hydrogens is 925 g/mol. The number of hydrogen-bond acceptors (Lipinski definition) is 6. The van der Waals surface area contributed by atoms with Gasteiger partial charge in [0, 0.05) is 19.3 Å². The Morgan fingerprint density at radius 2 is 0.480 bits per heavy atom. The summed E-state index contributed by atoms with van der Waals surface area (Å²) in [5, 5.41) is 0. The quantitative estimate of drug-likeness (QED) is 0.0261. The Bertz CT molecular complexity index is 1340. The van der Waals surface area contributed by atoms with Crippen LogP contribution < -0.4 is 0 Å². The van der Waals surface area contributed by atoms with Gasteiger partial charge >= 0.3 is 17.9 Å². The van der Waals surface area contributed by atoms with Crippen LogP contribution in [0, 0.1) is 0 Å². The largest absolute Gasteiger partial charge is 0.462 e. The second-order valence-corrected chi connectivity index (χ2v) is 22.0. The fourth-order valence-corrected chi connectivity index (χ4v) is 9.54. The first-order chi connectivity index (χ1) is 37.0. The molecule has 1 unspecified atom stereocenters. The van der Waals surface area contributed by atoms with E-state index in [1.807, 2.05) is 0 Å². The number of carbonyl (C=O) groups excluding carboxylic acids is 3. The van der Waals surface area contributed by atoms with Gasteiger partial charge < -0.3 is 14.2 Å². The first-order valence-corrected chi connectivity index (χ1v) is 32.8. The van der Waals surface area contributed by atoms with Crippen molar-refractivity contribution < 1.29 is 28.6 Å². The molecule has 0 aliphatic rings. The maximum atomic E-state index is 12.9. The van der Waals surface area contributed by atoms with Gasteiger partial charge in [-0.05, 0) is 89.9 Å². The number of hydrogen-bond donors (Lipinski definition) is 0. The lowest BCUT2D eigenvalue weighted by Gasteiger charge is -2.18. The normalized spacial score (nSPS) is 12.4. The van der Waals surface area contributed by atoms with Crippen LogP contribution in [0.15, 0.2) is 60.8 Å². The molecule has 436 valence electrons. The third-order valence-corrected chi connectivity index (χ3v) is 14.5. The van der Waals surface area contributed by atoms with Crippen LogP contribution in [-0.4, -0.2) is 37.2 Å². The Morgan fingerprint density at radius 3 is 0.787 bits per heavy atom. The van der Waals surface area contributed by atoms with Crippen molar-refractivity contribution in [2.24, 2.45) is 0 Å². The Labute approximate surface area is 466 Å². The van der Waals surface area contributed by atoms with Crippen molar-refractivity contribution in [2.45, 2.75) is 348 Å². The Hall–Kier alpha value is -2.89. The summed E-state index contributed by atoms with van der Waals surface area (Å²) in [5.74, 6) is -0.880. The van der Waals surface area contributed by atoms with E-state index in [1.165, 1.54) is 205 Å². The highest BCUT2D eigenvalue weighted by molar-refractivity contribution is 5.71. The molecule has 75 heavy (non-hydrogen) atoms. The van der Waals surface area contributed by atoms with Gasteiger partial charge in [0.1, 0.15) is 13.2 Å². The van der Waals surface area contributed by atoms with Gasteiger partial charge in [0.15, 0.2) is 6.10 Å². The maximum absolute atomic E-state index is 12.9. The SMILES string of the molecule is CCCCC/C=C\C/C=C\C/C=C\CCCCCCCCC(=O)OC(COC(=O)CCCCCCCCC/C=C\C/C=C\CCCCCC)COC(=O)CCCCCCCCCCCCCCCCCCCCCC. The summed E-state index contributed by atoms with van der Waals surface area (Å²) in [6, 6.07) is 0. The van der Waals surface area contributed by atoms with E-state index < -0.39 is 6.10 Å². The molecule has 0 amide bonds. The number of esters is 3. The zero-order valence-electron chi connectivity index (χ0n) is 50.1. The van der Waals surface area contributed by atoms with Crippen molar-refractivity contribution >= 4 is 17.9 Å². The monoisotopic (exact) mass is 1050 g/mol. The standard InChI is InChI=1S/C69H124O6/c1-4-7-10-13-16-19-22-25-28-31-34-36-38-41-44-47-50-53-56-59-62-68(71)74-65-66(64-73-67(70)61-58-55-52-49-46-43-40-37-33-30-27-24-21-18-15-12-9-6-3)75-69(72)63-60-57-54-51-48-45-42-39-35-32-29-26-23-20-17-14-11-8-5-2/h17,20-21,24,26,29-30,33,35,39,66H,4-16,18-19,22-23,25,27-28,31-32,34,36-38,40-65H2,1-3H3/b20-17-,24-21-,29-26-,33-30-,39-35-. The summed E-state index contributed by atoms with van der Waals surface area (Å²) >= 11 is 0. The molecule has 0 fully saturated rings. The average molecular weight is 1050 g/mol. The van der Waals surface area contributed by atoms with Crippen LogP contribution in [0.4, 0.5) is 0 Å². The van der Waals surface area contributed by atoms with E-state index in [1.54, 1.807) is 0 Å². The van der Waals surface area contributed by atoms with Gasteiger partial charge in [-0.3, -0.25) is 14.4 Å². The van der Waals surface area contributed by atoms with E-state index in [4.69, 9.17) is 14.2 Å². The van der Waals surface area contributed by atoms with Crippen molar-refractivity contribution in [3.8, 4) is 0 Å². The number of unbranched alkanes of at least 4 members (excludes halogenated alkanes) is 39. The van der Waals surface area contributed by atoms with Gasteiger partial charge in [0.25, 0.3) is 0 Å². The van der Waals surface area contributed by atoms with Crippen molar-refractivity contribution in [1.82, 2.24) is 0 Å². The highest BCUT2D eigenvalue weighted by Crippen LogP contribution is 2.17.